The van der Waals surface area contributed by atoms with E-state index in [1.54, 1.807) is 0 Å². The minimum atomic E-state index is -1.03. The van der Waals surface area contributed by atoms with Crippen molar-refractivity contribution in [3.63, 3.8) is 0 Å². The molecule has 0 aliphatic rings. The van der Waals surface area contributed by atoms with E-state index in [0.29, 0.717) is 24.6 Å². The lowest BCUT2D eigenvalue weighted by Crippen LogP contribution is -2.29. The molecule has 2 aromatic rings. The maximum absolute atomic E-state index is 10.1. The van der Waals surface area contributed by atoms with Gasteiger partial charge in [-0.15, -0.1) is 0 Å². The van der Waals surface area contributed by atoms with Crippen LogP contribution < -0.4 is 0 Å². The second-order valence-corrected chi connectivity index (χ2v) is 9.47. The van der Waals surface area contributed by atoms with Crippen LogP contribution in [0.4, 0.5) is 0 Å². The quantitative estimate of drug-likeness (QED) is 0.253. The Balaban J connectivity index is 0.00000103. The van der Waals surface area contributed by atoms with Crippen LogP contribution in [0.1, 0.15) is 43.7 Å². The molecule has 0 aromatic heterocycles. The van der Waals surface area contributed by atoms with Gasteiger partial charge in [0.05, 0.1) is 7.11 Å². The van der Waals surface area contributed by atoms with Crippen molar-refractivity contribution in [3.05, 3.63) is 71.8 Å². The van der Waals surface area contributed by atoms with Crippen LogP contribution in [0.15, 0.2) is 60.7 Å². The predicted molar refractivity (Wildman–Crippen MR) is 132 cm³/mol. The summed E-state index contributed by atoms with van der Waals surface area (Å²) in [7, 11) is 7.26. The number of methoxy groups -OCH3 is 1. The van der Waals surface area contributed by atoms with Crippen LogP contribution in [-0.2, 0) is 21.0 Å². The highest BCUT2D eigenvalue weighted by atomic mass is 32.2. The molecule has 0 spiro atoms. The number of benzene rings is 2. The third-order valence-electron chi connectivity index (χ3n) is 4.63. The van der Waals surface area contributed by atoms with Gasteiger partial charge >= 0.3 is 0 Å². The summed E-state index contributed by atoms with van der Waals surface area (Å²) >= 11 is 3.98. The lowest BCUT2D eigenvalue weighted by atomic mass is 9.75. The molecule has 2 radical (unpaired) electrons. The van der Waals surface area contributed by atoms with Gasteiger partial charge in [-0.1, -0.05) is 67.6 Å². The fourth-order valence-corrected chi connectivity index (χ4v) is 5.03. The fraction of sp³-hybridized carbons (Fsp3) is 0.458. The highest BCUT2D eigenvalue weighted by Gasteiger charge is 2.20. The van der Waals surface area contributed by atoms with Crippen molar-refractivity contribution in [2.45, 2.75) is 54.9 Å². The normalized spacial score (nSPS) is 13.4. The third kappa shape index (κ3) is 13.0. The monoisotopic (exact) mass is 444 g/mol. The molecule has 0 saturated heterocycles. The van der Waals surface area contributed by atoms with Crippen molar-refractivity contribution in [3.8, 4) is 0 Å². The standard InChI is InChI=1S/C22H29BOS2.C2H4O2/c1-2-22(23,24)15-13-21(26-18-20-11-7-4-8-12-20)14-16-25-17-19-9-5-3-6-10-19;1-4-2-3/h3-12,21,24H,2,13-18H2,1H3;2H,1H3. The van der Waals surface area contributed by atoms with E-state index in [4.69, 9.17) is 12.6 Å². The Morgan fingerprint density at radius 3 is 2.07 bits per heavy atom. The van der Waals surface area contributed by atoms with Gasteiger partial charge in [0.25, 0.3) is 6.47 Å². The summed E-state index contributed by atoms with van der Waals surface area (Å²) in [6, 6.07) is 21.2. The van der Waals surface area contributed by atoms with E-state index in [-0.39, 0.29) is 0 Å². The molecule has 30 heavy (non-hydrogen) atoms. The Hall–Kier alpha value is -1.37. The fourth-order valence-electron chi connectivity index (χ4n) is 2.67. The van der Waals surface area contributed by atoms with Gasteiger partial charge in [-0.25, -0.2) is 0 Å². The Morgan fingerprint density at radius 2 is 1.57 bits per heavy atom. The van der Waals surface area contributed by atoms with Crippen LogP contribution in [0.2, 0.25) is 0 Å². The average Bonchev–Trinajstić information content (AvgIpc) is 2.79. The zero-order chi connectivity index (χ0) is 22.1. The number of rotatable bonds is 13. The lowest BCUT2D eigenvalue weighted by molar-refractivity contribution is -0.126. The highest BCUT2D eigenvalue weighted by Crippen LogP contribution is 2.28. The number of aliphatic hydroxyl groups is 1. The molecule has 2 aromatic carbocycles. The number of hydrogen-bond acceptors (Lipinski definition) is 5. The zero-order valence-electron chi connectivity index (χ0n) is 18.0. The van der Waals surface area contributed by atoms with Crippen molar-refractivity contribution >= 4 is 37.8 Å². The van der Waals surface area contributed by atoms with Gasteiger partial charge in [-0.3, -0.25) is 4.79 Å². The van der Waals surface area contributed by atoms with E-state index in [1.807, 2.05) is 30.4 Å². The summed E-state index contributed by atoms with van der Waals surface area (Å²) in [4.78, 5) is 8.95. The number of carbonyl (C=O) groups is 1. The van der Waals surface area contributed by atoms with E-state index in [2.05, 4.69) is 65.4 Å². The molecule has 2 atom stereocenters. The molecule has 1 N–H and O–H groups in total. The van der Waals surface area contributed by atoms with Crippen molar-refractivity contribution < 1.29 is 14.6 Å². The minimum Gasteiger partial charge on any atom is -0.471 e. The summed E-state index contributed by atoms with van der Waals surface area (Å²) in [6.07, 6.45) is 3.38. The van der Waals surface area contributed by atoms with Crippen molar-refractivity contribution in [2.75, 3.05) is 12.9 Å². The topological polar surface area (TPSA) is 46.5 Å². The molecule has 0 aliphatic heterocycles. The summed E-state index contributed by atoms with van der Waals surface area (Å²) in [6.45, 7) is 2.32. The molecule has 3 nitrogen and oxygen atoms in total. The van der Waals surface area contributed by atoms with Crippen LogP contribution in [0.25, 0.3) is 0 Å². The number of ether oxygens (including phenoxy) is 1. The molecule has 6 heteroatoms. The first kappa shape index (κ1) is 26.7. The molecular formula is C24H33BO3S2. The Bertz CT molecular complexity index is 669. The van der Waals surface area contributed by atoms with Crippen LogP contribution in [0.5, 0.6) is 0 Å². The molecule has 0 saturated carbocycles. The molecular weight excluding hydrogens is 411 g/mol. The van der Waals surface area contributed by atoms with Gasteiger partial charge in [0.1, 0.15) is 7.85 Å². The summed E-state index contributed by atoms with van der Waals surface area (Å²) in [5.74, 6) is 3.22. The van der Waals surface area contributed by atoms with Gasteiger partial charge in [-0.2, -0.15) is 23.5 Å². The van der Waals surface area contributed by atoms with Crippen molar-refractivity contribution in [1.29, 1.82) is 0 Å². The minimum absolute atomic E-state index is 0.375. The lowest BCUT2D eigenvalue weighted by Gasteiger charge is -2.25. The van der Waals surface area contributed by atoms with Crippen LogP contribution in [-0.4, -0.2) is 43.0 Å². The number of carbonyl (C=O) groups excluding carboxylic acids is 1. The van der Waals surface area contributed by atoms with Gasteiger partial charge in [0.15, 0.2) is 0 Å². The van der Waals surface area contributed by atoms with Gasteiger partial charge in [-0.05, 0) is 42.6 Å². The SMILES string of the molecule is COC=O.[B]C(O)(CC)CCC(CCSCc1ccccc1)SCc1ccccc1. The first-order valence-electron chi connectivity index (χ1n) is 10.3. The first-order valence-corrected chi connectivity index (χ1v) is 12.5. The maximum Gasteiger partial charge on any atom is 0.292 e. The molecule has 2 rings (SSSR count). The first-order chi connectivity index (χ1) is 14.5. The van der Waals surface area contributed by atoms with E-state index in [9.17, 15) is 5.11 Å². The van der Waals surface area contributed by atoms with Crippen LogP contribution in [0, 0.1) is 0 Å². The molecule has 0 amide bonds. The predicted octanol–water partition coefficient (Wildman–Crippen LogP) is 5.45. The molecule has 0 fully saturated rings. The average molecular weight is 444 g/mol. The van der Waals surface area contributed by atoms with E-state index in [1.165, 1.54) is 18.2 Å². The van der Waals surface area contributed by atoms with Gasteiger partial charge in [0.2, 0.25) is 0 Å². The number of thioether (sulfide) groups is 2. The largest absolute Gasteiger partial charge is 0.471 e. The second kappa shape index (κ2) is 16.3. The van der Waals surface area contributed by atoms with Crippen LogP contribution in [0.3, 0.4) is 0 Å². The third-order valence-corrected chi connectivity index (χ3v) is 7.14. The Kier molecular flexibility index (Phi) is 14.5. The molecule has 0 bridgehead atoms. The van der Waals surface area contributed by atoms with Crippen molar-refractivity contribution in [1.82, 2.24) is 0 Å². The second-order valence-electron chi connectivity index (χ2n) is 7.07. The van der Waals surface area contributed by atoms with E-state index >= 15 is 0 Å². The maximum atomic E-state index is 10.1. The molecule has 0 heterocycles. The smallest absolute Gasteiger partial charge is 0.292 e. The Morgan fingerprint density at radius 1 is 1.03 bits per heavy atom. The van der Waals surface area contributed by atoms with E-state index < -0.39 is 5.50 Å². The van der Waals surface area contributed by atoms with Gasteiger partial charge in [0, 0.05) is 22.3 Å². The van der Waals surface area contributed by atoms with Gasteiger partial charge < -0.3 is 9.84 Å². The summed E-state index contributed by atoms with van der Waals surface area (Å²) in [5, 5.41) is 10.7. The number of hydrogen-bond donors (Lipinski definition) is 1. The summed E-state index contributed by atoms with van der Waals surface area (Å²) < 4.78 is 3.86. The molecule has 2 unspecified atom stereocenters. The molecule has 162 valence electrons. The van der Waals surface area contributed by atoms with Crippen LogP contribution >= 0.6 is 23.5 Å². The van der Waals surface area contributed by atoms with E-state index in [0.717, 1.165) is 30.1 Å². The van der Waals surface area contributed by atoms with Crippen molar-refractivity contribution in [2.24, 2.45) is 0 Å². The summed E-state index contributed by atoms with van der Waals surface area (Å²) in [5.41, 5.74) is 1.72. The zero-order valence-corrected chi connectivity index (χ0v) is 19.7. The highest BCUT2D eigenvalue weighted by molar-refractivity contribution is 7.99. The molecule has 0 aliphatic carbocycles. The Labute approximate surface area is 191 Å².